The van der Waals surface area contributed by atoms with E-state index in [-0.39, 0.29) is 17.9 Å². The highest BCUT2D eigenvalue weighted by atomic mass is 16.7. The smallest absolute Gasteiger partial charge is 0.338 e. The molecule has 1 aliphatic heterocycles. The van der Waals surface area contributed by atoms with Gasteiger partial charge in [0.05, 0.1) is 13.2 Å². The summed E-state index contributed by atoms with van der Waals surface area (Å²) in [5.74, 6) is -0.0586. The molecule has 0 aromatic carbocycles. The lowest BCUT2D eigenvalue weighted by Gasteiger charge is -2.31. The van der Waals surface area contributed by atoms with Crippen molar-refractivity contribution in [3.05, 3.63) is 0 Å². The average Bonchev–Trinajstić information content (AvgIpc) is 2.60. The Bertz CT molecular complexity index is 245. The van der Waals surface area contributed by atoms with Crippen molar-refractivity contribution in [3.63, 3.8) is 0 Å². The molecule has 0 amide bonds. The lowest BCUT2D eigenvalue weighted by molar-refractivity contribution is -0.472. The van der Waals surface area contributed by atoms with E-state index in [2.05, 4.69) is 4.99 Å². The minimum atomic E-state index is -0.298. The molecule has 2 aliphatic rings. The fourth-order valence-electron chi connectivity index (χ4n) is 2.30. The van der Waals surface area contributed by atoms with Gasteiger partial charge < -0.3 is 9.47 Å². The molecule has 5 N–H and O–H groups in total. The molecule has 5 heteroatoms. The third kappa shape index (κ3) is 2.60. The van der Waals surface area contributed by atoms with Gasteiger partial charge in [0.25, 0.3) is 0 Å². The van der Waals surface area contributed by atoms with Crippen LogP contribution in [0, 0.1) is 0 Å². The molecule has 15 heavy (non-hydrogen) atoms. The van der Waals surface area contributed by atoms with Crippen LogP contribution < -0.4 is 16.5 Å². The maximum Gasteiger partial charge on any atom is 0.338 e. The standard InChI is InChI=1S/C10H19N3O2/c11-9(12)13-6-8-7-14-10(15-8)4-2-1-3-5-10/h8H,1-7H2,(H4,11,12,13)/p+1. The van der Waals surface area contributed by atoms with E-state index < -0.39 is 0 Å². The number of guanidine groups is 1. The minimum Gasteiger partial charge on any atom is -0.347 e. The SMILES string of the molecule is NC(N)=[NH+]CC1COC2(CCCCC2)O1. The summed E-state index contributed by atoms with van der Waals surface area (Å²) in [5.41, 5.74) is 10.7. The topological polar surface area (TPSA) is 84.5 Å². The molecule has 1 unspecified atom stereocenters. The summed E-state index contributed by atoms with van der Waals surface area (Å²) in [7, 11) is 0. The van der Waals surface area contributed by atoms with Crippen LogP contribution in [0.4, 0.5) is 0 Å². The monoisotopic (exact) mass is 214 g/mol. The second-order valence-electron chi connectivity index (χ2n) is 4.36. The van der Waals surface area contributed by atoms with Crippen LogP contribution in [0.5, 0.6) is 0 Å². The molecule has 1 saturated heterocycles. The van der Waals surface area contributed by atoms with Crippen LogP contribution in [0.3, 0.4) is 0 Å². The van der Waals surface area contributed by atoms with Crippen molar-refractivity contribution in [1.29, 1.82) is 0 Å². The predicted molar refractivity (Wildman–Crippen MR) is 55.9 cm³/mol. The Morgan fingerprint density at radius 3 is 2.67 bits per heavy atom. The molecule has 86 valence electrons. The van der Waals surface area contributed by atoms with E-state index >= 15 is 0 Å². The van der Waals surface area contributed by atoms with E-state index in [1.165, 1.54) is 19.3 Å². The van der Waals surface area contributed by atoms with Crippen molar-refractivity contribution in [2.24, 2.45) is 11.5 Å². The molecule has 0 radical (unpaired) electrons. The normalized spacial score (nSPS) is 29.2. The maximum absolute atomic E-state index is 5.93. The summed E-state index contributed by atoms with van der Waals surface area (Å²) in [4.78, 5) is 2.88. The lowest BCUT2D eigenvalue weighted by atomic mass is 9.94. The summed E-state index contributed by atoms with van der Waals surface area (Å²) in [6, 6.07) is 0. The predicted octanol–water partition coefficient (Wildman–Crippen LogP) is -1.58. The fourth-order valence-corrected chi connectivity index (χ4v) is 2.30. The second kappa shape index (κ2) is 4.37. The Labute approximate surface area is 89.8 Å². The Balaban J connectivity index is 1.85. The van der Waals surface area contributed by atoms with Crippen LogP contribution in [0.2, 0.25) is 0 Å². The van der Waals surface area contributed by atoms with E-state index in [0.29, 0.717) is 13.2 Å². The van der Waals surface area contributed by atoms with Gasteiger partial charge in [-0.15, -0.1) is 0 Å². The highest BCUT2D eigenvalue weighted by molar-refractivity contribution is 5.69. The van der Waals surface area contributed by atoms with Crippen molar-refractivity contribution in [2.45, 2.75) is 44.0 Å². The quantitative estimate of drug-likeness (QED) is 0.382. The van der Waals surface area contributed by atoms with E-state index in [0.717, 1.165) is 12.8 Å². The number of hydrogen-bond acceptors (Lipinski definition) is 2. The van der Waals surface area contributed by atoms with Crippen LogP contribution in [-0.4, -0.2) is 31.0 Å². The molecule has 1 saturated carbocycles. The highest BCUT2D eigenvalue weighted by Gasteiger charge is 2.42. The first kappa shape index (κ1) is 10.7. The molecule has 1 atom stereocenters. The van der Waals surface area contributed by atoms with Crippen molar-refractivity contribution >= 4 is 5.96 Å². The van der Waals surface area contributed by atoms with Gasteiger partial charge in [0.1, 0.15) is 6.10 Å². The maximum atomic E-state index is 5.93. The highest BCUT2D eigenvalue weighted by Crippen LogP contribution is 2.37. The van der Waals surface area contributed by atoms with Gasteiger partial charge in [-0.1, -0.05) is 6.42 Å². The van der Waals surface area contributed by atoms with E-state index in [4.69, 9.17) is 20.9 Å². The van der Waals surface area contributed by atoms with Gasteiger partial charge in [-0.25, -0.2) is 0 Å². The number of nitrogens with one attached hydrogen (secondary N) is 1. The lowest BCUT2D eigenvalue weighted by Crippen LogP contribution is -2.80. The first-order valence-electron chi connectivity index (χ1n) is 5.64. The summed E-state index contributed by atoms with van der Waals surface area (Å²) in [5, 5.41) is 0. The molecule has 0 bridgehead atoms. The molecule has 2 rings (SSSR count). The van der Waals surface area contributed by atoms with Gasteiger partial charge in [-0.2, -0.15) is 0 Å². The van der Waals surface area contributed by atoms with Crippen LogP contribution in [0.1, 0.15) is 32.1 Å². The zero-order valence-electron chi connectivity index (χ0n) is 9.00. The Morgan fingerprint density at radius 2 is 2.00 bits per heavy atom. The zero-order valence-corrected chi connectivity index (χ0v) is 9.00. The van der Waals surface area contributed by atoms with E-state index in [9.17, 15) is 0 Å². The summed E-state index contributed by atoms with van der Waals surface area (Å²) >= 11 is 0. The zero-order chi connectivity index (χ0) is 10.7. The summed E-state index contributed by atoms with van der Waals surface area (Å²) < 4.78 is 11.7. The van der Waals surface area contributed by atoms with Crippen LogP contribution in [0.15, 0.2) is 0 Å². The third-order valence-corrected chi connectivity index (χ3v) is 3.06. The summed E-state index contributed by atoms with van der Waals surface area (Å²) in [6.45, 7) is 1.27. The number of hydrogen-bond donors (Lipinski definition) is 3. The van der Waals surface area contributed by atoms with Gasteiger partial charge >= 0.3 is 5.96 Å². The third-order valence-electron chi connectivity index (χ3n) is 3.06. The minimum absolute atomic E-state index is 0.0743. The number of ether oxygens (including phenoxy) is 2. The van der Waals surface area contributed by atoms with Gasteiger partial charge in [-0.05, 0) is 12.8 Å². The molecule has 0 aromatic rings. The van der Waals surface area contributed by atoms with Gasteiger partial charge in [-0.3, -0.25) is 16.5 Å². The Hall–Kier alpha value is -0.810. The molecule has 1 spiro atoms. The number of rotatable bonds is 2. The van der Waals surface area contributed by atoms with Crippen molar-refractivity contribution in [3.8, 4) is 0 Å². The largest absolute Gasteiger partial charge is 0.347 e. The molecule has 2 fully saturated rings. The van der Waals surface area contributed by atoms with Gasteiger partial charge in [0.2, 0.25) is 0 Å². The van der Waals surface area contributed by atoms with Crippen LogP contribution in [0.25, 0.3) is 0 Å². The van der Waals surface area contributed by atoms with Crippen LogP contribution in [-0.2, 0) is 9.47 Å². The van der Waals surface area contributed by atoms with Gasteiger partial charge in [0.15, 0.2) is 5.79 Å². The van der Waals surface area contributed by atoms with Gasteiger partial charge in [0, 0.05) is 12.8 Å². The van der Waals surface area contributed by atoms with E-state index in [1.807, 2.05) is 0 Å². The Morgan fingerprint density at radius 1 is 1.27 bits per heavy atom. The molecular weight excluding hydrogens is 194 g/mol. The molecule has 5 nitrogen and oxygen atoms in total. The van der Waals surface area contributed by atoms with Crippen molar-refractivity contribution in [2.75, 3.05) is 13.2 Å². The Kier molecular flexibility index (Phi) is 3.11. The first-order chi connectivity index (χ1) is 7.20. The van der Waals surface area contributed by atoms with Crippen molar-refractivity contribution in [1.82, 2.24) is 0 Å². The second-order valence-corrected chi connectivity index (χ2v) is 4.36. The molecular formula is C10H20N3O2+. The van der Waals surface area contributed by atoms with Crippen molar-refractivity contribution < 1.29 is 14.5 Å². The fraction of sp³-hybridized carbons (Fsp3) is 0.900. The molecule has 1 aliphatic carbocycles. The molecule has 1 heterocycles. The average molecular weight is 214 g/mol. The first-order valence-corrected chi connectivity index (χ1v) is 5.64. The van der Waals surface area contributed by atoms with E-state index in [1.54, 1.807) is 0 Å². The number of nitrogens with two attached hydrogens (primary N) is 2. The molecule has 0 aromatic heterocycles. The summed E-state index contributed by atoms with van der Waals surface area (Å²) in [6.07, 6.45) is 5.80. The van der Waals surface area contributed by atoms with Crippen LogP contribution >= 0.6 is 0 Å².